The fraction of sp³-hybridized carbons (Fsp3) is 0.312. The molecule has 0 saturated heterocycles. The number of hydrogen-bond donors (Lipinski definition) is 0. The lowest BCUT2D eigenvalue weighted by molar-refractivity contribution is -0.138. The predicted octanol–water partition coefficient (Wildman–Crippen LogP) is 3.08. The Balaban J connectivity index is 2.09. The second-order valence-electron chi connectivity index (χ2n) is 4.28. The third-order valence-corrected chi connectivity index (χ3v) is 2.82. The van der Waals surface area contributed by atoms with Gasteiger partial charge in [0.15, 0.2) is 0 Å². The number of cyclic esters (lactones) is 1. The Kier molecular flexibility index (Phi) is 4.20. The molecule has 1 heterocycles. The number of unbranched alkanes of at least 4 members (excludes halogenated alkanes) is 1. The van der Waals surface area contributed by atoms with Crippen LogP contribution in [0.3, 0.4) is 0 Å². The van der Waals surface area contributed by atoms with E-state index in [9.17, 15) is 4.79 Å². The smallest absolute Gasteiger partial charge is 0.332 e. The number of rotatable bonds is 3. The summed E-state index contributed by atoms with van der Waals surface area (Å²) in [6.45, 7) is 2.12. The van der Waals surface area contributed by atoms with Gasteiger partial charge in [0.05, 0.1) is 5.57 Å². The van der Waals surface area contributed by atoms with Crippen molar-refractivity contribution < 1.29 is 9.53 Å². The molecule has 1 atom stereocenters. The van der Waals surface area contributed by atoms with E-state index in [1.165, 1.54) is 6.08 Å². The van der Waals surface area contributed by atoms with Crippen LogP contribution >= 0.6 is 0 Å². The van der Waals surface area contributed by atoms with Gasteiger partial charge in [-0.1, -0.05) is 43.4 Å². The van der Waals surface area contributed by atoms with Crippen molar-refractivity contribution in [1.82, 2.24) is 0 Å². The molecule has 1 aliphatic rings. The highest BCUT2D eigenvalue weighted by atomic mass is 16.5. The van der Waals surface area contributed by atoms with E-state index < -0.39 is 0 Å². The first kappa shape index (κ1) is 12.4. The molecule has 1 aliphatic heterocycles. The third-order valence-electron chi connectivity index (χ3n) is 2.82. The zero-order chi connectivity index (χ0) is 12.8. The molecule has 0 spiro atoms. The quantitative estimate of drug-likeness (QED) is 0.599. The standard InChI is InChI=1S/C16H16O2/c1-2-3-9-15-14(12-16(17)18-15)11-10-13-7-5-4-6-8-13/h4-8,12,15H,2-3,9H2,1H3. The van der Waals surface area contributed by atoms with Crippen molar-refractivity contribution in [1.29, 1.82) is 0 Å². The van der Waals surface area contributed by atoms with Crippen LogP contribution < -0.4 is 0 Å². The monoisotopic (exact) mass is 240 g/mol. The maximum atomic E-state index is 11.3. The second-order valence-corrected chi connectivity index (χ2v) is 4.28. The van der Waals surface area contributed by atoms with Gasteiger partial charge in [-0.05, 0) is 25.0 Å². The molecule has 1 aromatic carbocycles. The highest BCUT2D eigenvalue weighted by molar-refractivity contribution is 5.87. The van der Waals surface area contributed by atoms with Crippen LogP contribution in [0.15, 0.2) is 42.0 Å². The van der Waals surface area contributed by atoms with Crippen LogP contribution in [-0.4, -0.2) is 12.1 Å². The molecule has 18 heavy (non-hydrogen) atoms. The van der Waals surface area contributed by atoms with Gasteiger partial charge >= 0.3 is 5.97 Å². The van der Waals surface area contributed by atoms with E-state index in [4.69, 9.17) is 4.74 Å². The molecule has 1 unspecified atom stereocenters. The Morgan fingerprint density at radius 3 is 2.72 bits per heavy atom. The molecule has 0 radical (unpaired) electrons. The molecular formula is C16H16O2. The lowest BCUT2D eigenvalue weighted by Crippen LogP contribution is -2.10. The van der Waals surface area contributed by atoms with Crippen LogP contribution in [0, 0.1) is 11.8 Å². The largest absolute Gasteiger partial charge is 0.454 e. The molecule has 0 bridgehead atoms. The van der Waals surface area contributed by atoms with Gasteiger partial charge in [-0.2, -0.15) is 0 Å². The summed E-state index contributed by atoms with van der Waals surface area (Å²) >= 11 is 0. The van der Waals surface area contributed by atoms with Crippen molar-refractivity contribution >= 4 is 5.97 Å². The number of hydrogen-bond acceptors (Lipinski definition) is 2. The van der Waals surface area contributed by atoms with Gasteiger partial charge in [-0.3, -0.25) is 0 Å². The lowest BCUT2D eigenvalue weighted by atomic mass is 10.1. The summed E-state index contributed by atoms with van der Waals surface area (Å²) in [5.74, 6) is 5.85. The van der Waals surface area contributed by atoms with Gasteiger partial charge in [0.2, 0.25) is 0 Å². The molecule has 0 aliphatic carbocycles. The topological polar surface area (TPSA) is 26.3 Å². The molecule has 1 aromatic rings. The van der Waals surface area contributed by atoms with Gasteiger partial charge in [0, 0.05) is 11.6 Å². The second kappa shape index (κ2) is 6.07. The Morgan fingerprint density at radius 1 is 1.22 bits per heavy atom. The van der Waals surface area contributed by atoms with Crippen LogP contribution in [0.1, 0.15) is 31.7 Å². The Morgan fingerprint density at radius 2 is 2.00 bits per heavy atom. The summed E-state index contributed by atoms with van der Waals surface area (Å²) in [7, 11) is 0. The molecule has 92 valence electrons. The lowest BCUT2D eigenvalue weighted by Gasteiger charge is -2.09. The Hall–Kier alpha value is -2.01. The van der Waals surface area contributed by atoms with Crippen molar-refractivity contribution in [3.05, 3.63) is 47.5 Å². The molecular weight excluding hydrogens is 224 g/mol. The molecule has 0 fully saturated rings. The highest BCUT2D eigenvalue weighted by Gasteiger charge is 2.24. The van der Waals surface area contributed by atoms with Crippen LogP contribution in [0.25, 0.3) is 0 Å². The minimum absolute atomic E-state index is 0.145. The van der Waals surface area contributed by atoms with Crippen molar-refractivity contribution in [3.63, 3.8) is 0 Å². The minimum atomic E-state index is -0.270. The number of esters is 1. The predicted molar refractivity (Wildman–Crippen MR) is 70.8 cm³/mol. The van der Waals surface area contributed by atoms with Gasteiger partial charge in [0.25, 0.3) is 0 Å². The summed E-state index contributed by atoms with van der Waals surface area (Å²) < 4.78 is 5.23. The van der Waals surface area contributed by atoms with Gasteiger partial charge in [0.1, 0.15) is 6.10 Å². The number of carbonyl (C=O) groups excluding carboxylic acids is 1. The van der Waals surface area contributed by atoms with E-state index in [2.05, 4.69) is 18.8 Å². The third kappa shape index (κ3) is 3.24. The van der Waals surface area contributed by atoms with E-state index >= 15 is 0 Å². The number of carbonyl (C=O) groups is 1. The Labute approximate surface area is 108 Å². The molecule has 0 amide bonds. The van der Waals surface area contributed by atoms with Gasteiger partial charge in [-0.25, -0.2) is 4.79 Å². The van der Waals surface area contributed by atoms with E-state index in [-0.39, 0.29) is 12.1 Å². The summed E-state index contributed by atoms with van der Waals surface area (Å²) in [6, 6.07) is 9.75. The van der Waals surface area contributed by atoms with Crippen LogP contribution in [0.2, 0.25) is 0 Å². The summed E-state index contributed by atoms with van der Waals surface area (Å²) in [6.07, 6.45) is 4.36. The summed E-state index contributed by atoms with van der Waals surface area (Å²) in [5, 5.41) is 0. The van der Waals surface area contributed by atoms with Crippen molar-refractivity contribution in [2.45, 2.75) is 32.3 Å². The van der Waals surface area contributed by atoms with Crippen molar-refractivity contribution in [2.75, 3.05) is 0 Å². The highest BCUT2D eigenvalue weighted by Crippen LogP contribution is 2.20. The zero-order valence-corrected chi connectivity index (χ0v) is 10.5. The van der Waals surface area contributed by atoms with Crippen LogP contribution in [-0.2, 0) is 9.53 Å². The average molecular weight is 240 g/mol. The first-order chi connectivity index (χ1) is 8.79. The maximum Gasteiger partial charge on any atom is 0.332 e. The van der Waals surface area contributed by atoms with Crippen LogP contribution in [0.4, 0.5) is 0 Å². The van der Waals surface area contributed by atoms with E-state index in [1.807, 2.05) is 30.3 Å². The zero-order valence-electron chi connectivity index (χ0n) is 10.5. The fourth-order valence-corrected chi connectivity index (χ4v) is 1.84. The summed E-state index contributed by atoms with van der Waals surface area (Å²) in [5.41, 5.74) is 1.75. The maximum absolute atomic E-state index is 11.3. The summed E-state index contributed by atoms with van der Waals surface area (Å²) in [4.78, 5) is 11.3. The van der Waals surface area contributed by atoms with E-state index in [0.717, 1.165) is 30.4 Å². The average Bonchev–Trinajstić information content (AvgIpc) is 2.75. The Bertz CT molecular complexity index is 503. The first-order valence-corrected chi connectivity index (χ1v) is 6.29. The molecule has 2 nitrogen and oxygen atoms in total. The molecule has 0 saturated carbocycles. The first-order valence-electron chi connectivity index (χ1n) is 6.29. The number of benzene rings is 1. The van der Waals surface area contributed by atoms with Gasteiger partial charge < -0.3 is 4.74 Å². The molecule has 0 N–H and O–H groups in total. The van der Waals surface area contributed by atoms with Crippen molar-refractivity contribution in [3.8, 4) is 11.8 Å². The minimum Gasteiger partial charge on any atom is -0.454 e. The van der Waals surface area contributed by atoms with E-state index in [1.54, 1.807) is 0 Å². The van der Waals surface area contributed by atoms with Crippen molar-refractivity contribution in [2.24, 2.45) is 0 Å². The molecule has 0 aromatic heterocycles. The SMILES string of the molecule is CCCCC1OC(=O)C=C1C#Cc1ccccc1. The molecule has 2 heteroatoms. The normalized spacial score (nSPS) is 17.7. The van der Waals surface area contributed by atoms with E-state index in [0.29, 0.717) is 0 Å². The van der Waals surface area contributed by atoms with Gasteiger partial charge in [-0.15, -0.1) is 0 Å². The number of ether oxygens (including phenoxy) is 1. The van der Waals surface area contributed by atoms with Crippen LogP contribution in [0.5, 0.6) is 0 Å². The molecule has 2 rings (SSSR count). The fourth-order valence-electron chi connectivity index (χ4n) is 1.84.